The number of ether oxygens (including phenoxy) is 1. The average molecular weight is 407 g/mol. The Kier molecular flexibility index (Phi) is 7.94. The maximum absolute atomic E-state index is 11.1. The smallest absolute Gasteiger partial charge is 0.309 e. The monoisotopic (exact) mass is 406 g/mol. The van der Waals surface area contributed by atoms with Crippen molar-refractivity contribution in [1.29, 1.82) is 0 Å². The number of aryl methyl sites for hydroxylation is 2. The summed E-state index contributed by atoms with van der Waals surface area (Å²) in [7, 11) is 0. The van der Waals surface area contributed by atoms with Gasteiger partial charge in [0.25, 0.3) is 6.47 Å². The number of carbonyl (C=O) groups excluding carboxylic acids is 1. The van der Waals surface area contributed by atoms with E-state index in [1.165, 1.54) is 0 Å². The van der Waals surface area contributed by atoms with Crippen LogP contribution in [0.3, 0.4) is 0 Å². The zero-order chi connectivity index (χ0) is 21.5. The third kappa shape index (κ3) is 6.65. The maximum atomic E-state index is 11.1. The van der Waals surface area contributed by atoms with Gasteiger partial charge in [-0.2, -0.15) is 0 Å². The van der Waals surface area contributed by atoms with Gasteiger partial charge in [0.2, 0.25) is 0 Å². The molecule has 6 heteroatoms. The molecule has 0 radical (unpaired) electrons. The fraction of sp³-hybridized carbons (Fsp3) is 0.652. The van der Waals surface area contributed by atoms with Crippen LogP contribution in [0.4, 0.5) is 0 Å². The molecule has 0 heterocycles. The van der Waals surface area contributed by atoms with Crippen molar-refractivity contribution < 1.29 is 29.6 Å². The second-order valence-corrected chi connectivity index (χ2v) is 8.93. The van der Waals surface area contributed by atoms with Crippen LogP contribution in [-0.2, 0) is 27.2 Å². The van der Waals surface area contributed by atoms with Crippen molar-refractivity contribution in [2.24, 2.45) is 5.41 Å². The lowest BCUT2D eigenvalue weighted by Crippen LogP contribution is -2.23. The minimum absolute atomic E-state index is 0.0419. The predicted octanol–water partition coefficient (Wildman–Crippen LogP) is 4.73. The van der Waals surface area contributed by atoms with Crippen molar-refractivity contribution in [2.45, 2.75) is 90.1 Å². The van der Waals surface area contributed by atoms with Gasteiger partial charge in [0.1, 0.15) is 5.60 Å². The highest BCUT2D eigenvalue weighted by Crippen LogP contribution is 2.43. The van der Waals surface area contributed by atoms with Gasteiger partial charge in [-0.3, -0.25) is 9.59 Å². The molecule has 1 aliphatic carbocycles. The Labute approximate surface area is 172 Å². The van der Waals surface area contributed by atoms with E-state index in [1.807, 2.05) is 12.1 Å². The van der Waals surface area contributed by atoms with Crippen molar-refractivity contribution in [3.05, 3.63) is 23.3 Å². The Hall–Kier alpha value is -2.24. The SMILES string of the molecule is CC(C)(CCCCCc1ccc(CCCCC2(OC=O)CC2)c(O)c1O)C(=O)O. The molecule has 3 N–H and O–H groups in total. The molecule has 2 rings (SSSR count). The van der Waals surface area contributed by atoms with E-state index in [2.05, 4.69) is 0 Å². The van der Waals surface area contributed by atoms with Gasteiger partial charge in [0, 0.05) is 0 Å². The quantitative estimate of drug-likeness (QED) is 0.234. The van der Waals surface area contributed by atoms with Gasteiger partial charge in [0.15, 0.2) is 11.5 Å². The number of aliphatic carboxylic acids is 1. The highest BCUT2D eigenvalue weighted by molar-refractivity contribution is 5.73. The van der Waals surface area contributed by atoms with Gasteiger partial charge in [-0.1, -0.05) is 25.0 Å². The molecule has 0 aliphatic heterocycles. The molecule has 1 fully saturated rings. The Bertz CT molecular complexity index is 706. The largest absolute Gasteiger partial charge is 0.504 e. The van der Waals surface area contributed by atoms with Gasteiger partial charge < -0.3 is 20.1 Å². The number of carbonyl (C=O) groups is 2. The lowest BCUT2D eigenvalue weighted by atomic mass is 9.87. The van der Waals surface area contributed by atoms with Crippen molar-refractivity contribution in [3.8, 4) is 11.5 Å². The summed E-state index contributed by atoms with van der Waals surface area (Å²) >= 11 is 0. The Balaban J connectivity index is 1.74. The molecule has 162 valence electrons. The van der Waals surface area contributed by atoms with Crippen LogP contribution in [0.15, 0.2) is 12.1 Å². The molecule has 0 atom stereocenters. The number of hydrogen-bond donors (Lipinski definition) is 3. The molecule has 0 spiro atoms. The van der Waals surface area contributed by atoms with Crippen LogP contribution in [0, 0.1) is 5.41 Å². The highest BCUT2D eigenvalue weighted by Gasteiger charge is 2.44. The van der Waals surface area contributed by atoms with E-state index < -0.39 is 11.4 Å². The van der Waals surface area contributed by atoms with Crippen molar-refractivity contribution in [3.63, 3.8) is 0 Å². The molecule has 29 heavy (non-hydrogen) atoms. The van der Waals surface area contributed by atoms with Crippen molar-refractivity contribution in [1.82, 2.24) is 0 Å². The number of carboxylic acids is 1. The number of carboxylic acid groups (broad SMARTS) is 1. The van der Waals surface area contributed by atoms with Crippen LogP contribution in [0.5, 0.6) is 11.5 Å². The molecule has 1 aromatic carbocycles. The molecule has 0 aromatic heterocycles. The minimum Gasteiger partial charge on any atom is -0.504 e. The first-order valence-corrected chi connectivity index (χ1v) is 10.6. The van der Waals surface area contributed by atoms with E-state index in [-0.39, 0.29) is 17.1 Å². The third-order valence-corrected chi connectivity index (χ3v) is 6.08. The summed E-state index contributed by atoms with van der Waals surface area (Å²) in [5.74, 6) is -0.865. The molecular weight excluding hydrogens is 372 g/mol. The summed E-state index contributed by atoms with van der Waals surface area (Å²) in [6.45, 7) is 4.00. The zero-order valence-corrected chi connectivity index (χ0v) is 17.6. The van der Waals surface area contributed by atoms with E-state index in [0.29, 0.717) is 25.7 Å². The summed E-state index contributed by atoms with van der Waals surface area (Å²) in [5.41, 5.74) is 0.506. The normalized spacial score (nSPS) is 15.1. The minimum atomic E-state index is -0.778. The molecule has 0 saturated heterocycles. The van der Waals surface area contributed by atoms with E-state index in [0.717, 1.165) is 62.5 Å². The van der Waals surface area contributed by atoms with Crippen molar-refractivity contribution >= 4 is 12.4 Å². The Morgan fingerprint density at radius 3 is 2.07 bits per heavy atom. The predicted molar refractivity (Wildman–Crippen MR) is 110 cm³/mol. The average Bonchev–Trinajstić information content (AvgIpc) is 3.43. The number of unbranched alkanes of at least 4 members (excludes halogenated alkanes) is 3. The zero-order valence-electron chi connectivity index (χ0n) is 17.6. The first-order valence-electron chi connectivity index (χ1n) is 10.6. The number of hydrogen-bond acceptors (Lipinski definition) is 5. The third-order valence-electron chi connectivity index (χ3n) is 6.08. The van der Waals surface area contributed by atoms with Crippen LogP contribution in [0.2, 0.25) is 0 Å². The molecule has 1 aromatic rings. The summed E-state index contributed by atoms with van der Waals surface area (Å²) in [5, 5.41) is 29.8. The van der Waals surface area contributed by atoms with Gasteiger partial charge in [-0.05, 0) is 82.8 Å². The fourth-order valence-electron chi connectivity index (χ4n) is 3.66. The molecule has 1 saturated carbocycles. The lowest BCUT2D eigenvalue weighted by Gasteiger charge is -2.18. The number of rotatable bonds is 14. The van der Waals surface area contributed by atoms with Gasteiger partial charge in [-0.15, -0.1) is 0 Å². The maximum Gasteiger partial charge on any atom is 0.309 e. The number of benzene rings is 1. The van der Waals surface area contributed by atoms with Crippen molar-refractivity contribution in [2.75, 3.05) is 0 Å². The first kappa shape index (κ1) is 23.0. The first-order chi connectivity index (χ1) is 13.7. The van der Waals surface area contributed by atoms with Gasteiger partial charge >= 0.3 is 5.97 Å². The van der Waals surface area contributed by atoms with Gasteiger partial charge in [-0.25, -0.2) is 0 Å². The second-order valence-electron chi connectivity index (χ2n) is 8.93. The molecule has 0 bridgehead atoms. The fourth-order valence-corrected chi connectivity index (χ4v) is 3.66. The van der Waals surface area contributed by atoms with Crippen LogP contribution < -0.4 is 0 Å². The summed E-state index contributed by atoms with van der Waals surface area (Å²) in [4.78, 5) is 21.6. The van der Waals surface area contributed by atoms with Crippen LogP contribution in [-0.4, -0.2) is 33.4 Å². The Morgan fingerprint density at radius 1 is 1.03 bits per heavy atom. The molecule has 1 aliphatic rings. The van der Waals surface area contributed by atoms with Crippen LogP contribution >= 0.6 is 0 Å². The van der Waals surface area contributed by atoms with Crippen LogP contribution in [0.1, 0.15) is 82.8 Å². The van der Waals surface area contributed by atoms with E-state index in [4.69, 9.17) is 9.84 Å². The summed E-state index contributed by atoms with van der Waals surface area (Å²) in [6.07, 6.45) is 8.94. The molecule has 0 unspecified atom stereocenters. The molecule has 6 nitrogen and oxygen atoms in total. The Morgan fingerprint density at radius 2 is 1.59 bits per heavy atom. The van der Waals surface area contributed by atoms with Gasteiger partial charge in [0.05, 0.1) is 5.41 Å². The summed E-state index contributed by atoms with van der Waals surface area (Å²) in [6, 6.07) is 3.73. The standard InChI is InChI=1S/C23H34O6/c1-22(2,21(27)28)12-6-3-4-8-17-10-11-18(20(26)19(17)25)9-5-7-13-23(14-15-23)29-16-24/h10-11,16,25-26H,3-9,12-15H2,1-2H3,(H,27,28). The lowest BCUT2D eigenvalue weighted by molar-refractivity contribution is -0.147. The van der Waals surface area contributed by atoms with E-state index >= 15 is 0 Å². The molecule has 0 amide bonds. The highest BCUT2D eigenvalue weighted by atomic mass is 16.5. The number of phenolic OH excluding ortho intramolecular Hbond substituents is 2. The summed E-state index contributed by atoms with van der Waals surface area (Å²) < 4.78 is 5.14. The second kappa shape index (κ2) is 9.99. The van der Waals surface area contributed by atoms with Crippen LogP contribution in [0.25, 0.3) is 0 Å². The van der Waals surface area contributed by atoms with E-state index in [1.54, 1.807) is 13.8 Å². The molecular formula is C23H34O6. The number of aromatic hydroxyl groups is 2. The topological polar surface area (TPSA) is 104 Å². The number of phenols is 2. The van der Waals surface area contributed by atoms with E-state index in [9.17, 15) is 19.8 Å².